The highest BCUT2D eigenvalue weighted by molar-refractivity contribution is 6.35. The van der Waals surface area contributed by atoms with Crippen LogP contribution in [-0.2, 0) is 17.6 Å². The van der Waals surface area contributed by atoms with Crippen LogP contribution in [0.1, 0.15) is 16.8 Å². The molecule has 0 aliphatic rings. The van der Waals surface area contributed by atoms with Crippen molar-refractivity contribution in [1.29, 1.82) is 0 Å². The van der Waals surface area contributed by atoms with Gasteiger partial charge in [-0.2, -0.15) is 0 Å². The standard InChI is InChI=1S/C16H15Cl2FN2O/c1-10-8-13(17)12(16(18)21-10)9-15(22)20-7-6-11-4-2-3-5-14(11)19/h2-5,8H,6-7,9H2,1H3,(H,20,22). The highest BCUT2D eigenvalue weighted by atomic mass is 35.5. The third kappa shape index (κ3) is 4.42. The van der Waals surface area contributed by atoms with E-state index in [1.807, 2.05) is 0 Å². The largest absolute Gasteiger partial charge is 0.355 e. The van der Waals surface area contributed by atoms with Crippen molar-refractivity contribution in [3.8, 4) is 0 Å². The van der Waals surface area contributed by atoms with Crippen LogP contribution in [0.2, 0.25) is 10.2 Å². The fourth-order valence-electron chi connectivity index (χ4n) is 2.04. The number of benzene rings is 1. The lowest BCUT2D eigenvalue weighted by molar-refractivity contribution is -0.120. The van der Waals surface area contributed by atoms with Gasteiger partial charge in [0, 0.05) is 22.8 Å². The summed E-state index contributed by atoms with van der Waals surface area (Å²) in [5.41, 5.74) is 1.76. The lowest BCUT2D eigenvalue weighted by Gasteiger charge is -2.09. The summed E-state index contributed by atoms with van der Waals surface area (Å²) >= 11 is 12.1. The number of aromatic nitrogens is 1. The number of halogens is 3. The third-order valence-corrected chi connectivity index (χ3v) is 3.81. The number of pyridine rings is 1. The molecular formula is C16H15Cl2FN2O. The summed E-state index contributed by atoms with van der Waals surface area (Å²) in [5, 5.41) is 3.37. The molecule has 3 nitrogen and oxygen atoms in total. The molecule has 22 heavy (non-hydrogen) atoms. The topological polar surface area (TPSA) is 42.0 Å². The fourth-order valence-corrected chi connectivity index (χ4v) is 2.71. The number of hydrogen-bond acceptors (Lipinski definition) is 2. The molecule has 2 rings (SSSR count). The predicted molar refractivity (Wildman–Crippen MR) is 85.8 cm³/mol. The summed E-state index contributed by atoms with van der Waals surface area (Å²) in [6, 6.07) is 8.15. The molecule has 0 bridgehead atoms. The zero-order valence-corrected chi connectivity index (χ0v) is 13.5. The van der Waals surface area contributed by atoms with Crippen LogP contribution in [-0.4, -0.2) is 17.4 Å². The Morgan fingerprint density at radius 3 is 2.73 bits per heavy atom. The Balaban J connectivity index is 1.90. The van der Waals surface area contributed by atoms with Crippen molar-refractivity contribution in [2.75, 3.05) is 6.54 Å². The van der Waals surface area contributed by atoms with E-state index >= 15 is 0 Å². The maximum atomic E-state index is 13.4. The van der Waals surface area contributed by atoms with E-state index in [-0.39, 0.29) is 23.3 Å². The van der Waals surface area contributed by atoms with Crippen molar-refractivity contribution in [1.82, 2.24) is 10.3 Å². The second kappa shape index (κ2) is 7.56. The van der Waals surface area contributed by atoms with Crippen LogP contribution >= 0.6 is 23.2 Å². The van der Waals surface area contributed by atoms with Crippen molar-refractivity contribution in [2.24, 2.45) is 0 Å². The molecule has 0 aliphatic heterocycles. The van der Waals surface area contributed by atoms with E-state index < -0.39 is 0 Å². The summed E-state index contributed by atoms with van der Waals surface area (Å²) in [5.74, 6) is -0.503. The minimum Gasteiger partial charge on any atom is -0.355 e. The Bertz CT molecular complexity index is 669. The normalized spacial score (nSPS) is 10.5. The van der Waals surface area contributed by atoms with E-state index in [0.717, 1.165) is 0 Å². The maximum Gasteiger partial charge on any atom is 0.224 e. The second-order valence-corrected chi connectivity index (χ2v) is 5.65. The van der Waals surface area contributed by atoms with E-state index in [2.05, 4.69) is 10.3 Å². The lowest BCUT2D eigenvalue weighted by atomic mass is 10.1. The molecule has 2 aromatic rings. The Labute approximate surface area is 138 Å². The molecule has 1 amide bonds. The van der Waals surface area contributed by atoms with Crippen LogP contribution in [0.25, 0.3) is 0 Å². The monoisotopic (exact) mass is 340 g/mol. The number of nitrogens with one attached hydrogen (secondary N) is 1. The molecule has 1 N–H and O–H groups in total. The van der Waals surface area contributed by atoms with Gasteiger partial charge >= 0.3 is 0 Å². The molecule has 0 radical (unpaired) electrons. The van der Waals surface area contributed by atoms with Gasteiger partial charge in [-0.05, 0) is 31.0 Å². The third-order valence-electron chi connectivity index (χ3n) is 3.16. The van der Waals surface area contributed by atoms with Crippen molar-refractivity contribution >= 4 is 29.1 Å². The van der Waals surface area contributed by atoms with Crippen LogP contribution in [0.15, 0.2) is 30.3 Å². The predicted octanol–water partition coefficient (Wildman–Crippen LogP) is 3.74. The Morgan fingerprint density at radius 1 is 1.32 bits per heavy atom. The SMILES string of the molecule is Cc1cc(Cl)c(CC(=O)NCCc2ccccc2F)c(Cl)n1. The zero-order valence-electron chi connectivity index (χ0n) is 12.0. The van der Waals surface area contributed by atoms with E-state index in [0.29, 0.717) is 34.8 Å². The molecular weight excluding hydrogens is 326 g/mol. The summed E-state index contributed by atoms with van der Waals surface area (Å²) in [6.45, 7) is 2.12. The number of rotatable bonds is 5. The number of amides is 1. The van der Waals surface area contributed by atoms with Crippen LogP contribution in [0.4, 0.5) is 4.39 Å². The summed E-state index contributed by atoms with van der Waals surface area (Å²) in [4.78, 5) is 16.0. The molecule has 0 spiro atoms. The molecule has 6 heteroatoms. The first-order chi connectivity index (χ1) is 10.5. The first kappa shape index (κ1) is 16.7. The lowest BCUT2D eigenvalue weighted by Crippen LogP contribution is -2.27. The van der Waals surface area contributed by atoms with E-state index in [9.17, 15) is 9.18 Å². The number of aryl methyl sites for hydroxylation is 1. The quantitative estimate of drug-likeness (QED) is 0.842. The van der Waals surface area contributed by atoms with Gasteiger partial charge in [-0.25, -0.2) is 9.37 Å². The van der Waals surface area contributed by atoms with E-state index in [4.69, 9.17) is 23.2 Å². The number of hydrogen-bond donors (Lipinski definition) is 1. The molecule has 0 saturated heterocycles. The fraction of sp³-hybridized carbons (Fsp3) is 0.250. The van der Waals surface area contributed by atoms with Gasteiger partial charge in [0.25, 0.3) is 0 Å². The highest BCUT2D eigenvalue weighted by Crippen LogP contribution is 2.24. The number of nitrogens with zero attached hydrogens (tertiary/aromatic N) is 1. The average Bonchev–Trinajstić information content (AvgIpc) is 2.45. The maximum absolute atomic E-state index is 13.4. The first-order valence-corrected chi connectivity index (χ1v) is 7.54. The van der Waals surface area contributed by atoms with Crippen LogP contribution in [0.3, 0.4) is 0 Å². The van der Waals surface area contributed by atoms with Crippen molar-refractivity contribution in [2.45, 2.75) is 19.8 Å². The molecule has 1 aromatic carbocycles. The van der Waals surface area contributed by atoms with Crippen molar-refractivity contribution in [3.63, 3.8) is 0 Å². The minimum atomic E-state index is -0.273. The molecule has 0 saturated carbocycles. The first-order valence-electron chi connectivity index (χ1n) is 6.79. The summed E-state index contributed by atoms with van der Waals surface area (Å²) in [7, 11) is 0. The molecule has 1 aromatic heterocycles. The van der Waals surface area contributed by atoms with Gasteiger partial charge in [0.15, 0.2) is 0 Å². The molecule has 116 valence electrons. The van der Waals surface area contributed by atoms with Gasteiger partial charge in [-0.1, -0.05) is 41.4 Å². The molecule has 0 aliphatic carbocycles. The van der Waals surface area contributed by atoms with Crippen LogP contribution in [0, 0.1) is 12.7 Å². The molecule has 0 atom stereocenters. The zero-order chi connectivity index (χ0) is 16.1. The number of carbonyl (C=O) groups excluding carboxylic acids is 1. The number of carbonyl (C=O) groups is 1. The van der Waals surface area contributed by atoms with Crippen LogP contribution in [0.5, 0.6) is 0 Å². The summed E-state index contributed by atoms with van der Waals surface area (Å²) < 4.78 is 13.4. The molecule has 1 heterocycles. The van der Waals surface area contributed by atoms with Crippen LogP contribution < -0.4 is 5.32 Å². The molecule has 0 unspecified atom stereocenters. The minimum absolute atomic E-state index is 0.0439. The second-order valence-electron chi connectivity index (χ2n) is 4.88. The average molecular weight is 341 g/mol. The highest BCUT2D eigenvalue weighted by Gasteiger charge is 2.13. The van der Waals surface area contributed by atoms with Gasteiger partial charge < -0.3 is 5.32 Å². The Kier molecular flexibility index (Phi) is 5.75. The smallest absolute Gasteiger partial charge is 0.224 e. The Hall–Kier alpha value is -1.65. The van der Waals surface area contributed by atoms with Crippen molar-refractivity contribution in [3.05, 3.63) is 63.1 Å². The Morgan fingerprint density at radius 2 is 2.05 bits per heavy atom. The van der Waals surface area contributed by atoms with Gasteiger partial charge in [0.05, 0.1) is 6.42 Å². The van der Waals surface area contributed by atoms with Gasteiger partial charge in [0.2, 0.25) is 5.91 Å². The summed E-state index contributed by atoms with van der Waals surface area (Å²) in [6.07, 6.45) is 0.467. The van der Waals surface area contributed by atoms with Gasteiger partial charge in [-0.3, -0.25) is 4.79 Å². The molecule has 0 fully saturated rings. The van der Waals surface area contributed by atoms with Gasteiger partial charge in [-0.15, -0.1) is 0 Å². The van der Waals surface area contributed by atoms with E-state index in [1.165, 1.54) is 6.07 Å². The van der Waals surface area contributed by atoms with Gasteiger partial charge in [0.1, 0.15) is 11.0 Å². The van der Waals surface area contributed by atoms with E-state index in [1.54, 1.807) is 31.2 Å². The van der Waals surface area contributed by atoms with Crippen molar-refractivity contribution < 1.29 is 9.18 Å².